The first-order valence-electron chi connectivity index (χ1n) is 9.89. The highest BCUT2D eigenvalue weighted by molar-refractivity contribution is 5.97. The molecule has 0 saturated carbocycles. The van der Waals surface area contributed by atoms with Crippen LogP contribution in [0.3, 0.4) is 0 Å². The van der Waals surface area contributed by atoms with Crippen molar-refractivity contribution in [3.8, 4) is 0 Å². The maximum absolute atomic E-state index is 12.6. The van der Waals surface area contributed by atoms with Gasteiger partial charge in [0.25, 0.3) is 11.8 Å². The van der Waals surface area contributed by atoms with E-state index in [1.54, 1.807) is 26.0 Å². The molecule has 1 rings (SSSR count). The number of amides is 3. The molecule has 30 heavy (non-hydrogen) atoms. The Balaban J connectivity index is 2.72. The van der Waals surface area contributed by atoms with Crippen LogP contribution in [0.4, 0.5) is 0 Å². The lowest BCUT2D eigenvalue weighted by Gasteiger charge is -2.22. The molecular weight excluding hydrogens is 386 g/mol. The minimum absolute atomic E-state index is 0.0310. The molecule has 8 heteroatoms. The van der Waals surface area contributed by atoms with E-state index in [1.165, 1.54) is 14.1 Å². The molecule has 2 N–H and O–H groups in total. The third-order valence-electron chi connectivity index (χ3n) is 4.64. The first-order chi connectivity index (χ1) is 13.9. The van der Waals surface area contributed by atoms with Gasteiger partial charge in [-0.15, -0.1) is 0 Å². The van der Waals surface area contributed by atoms with Crippen LogP contribution in [0, 0.1) is 5.92 Å². The van der Waals surface area contributed by atoms with Crippen molar-refractivity contribution in [2.45, 2.75) is 46.1 Å². The van der Waals surface area contributed by atoms with Crippen molar-refractivity contribution >= 4 is 23.7 Å². The molecule has 0 unspecified atom stereocenters. The third kappa shape index (κ3) is 7.50. The highest BCUT2D eigenvalue weighted by Gasteiger charge is 2.27. The number of likely N-dealkylation sites (N-methyl/N-ethyl adjacent to an activating group) is 2. The number of hydrogen-bond donors (Lipinski definition) is 2. The zero-order valence-electron chi connectivity index (χ0n) is 18.9. The lowest BCUT2D eigenvalue weighted by molar-refractivity contribution is -0.154. The molecule has 0 fully saturated rings. The molecule has 8 nitrogen and oxygen atoms in total. The number of carbonyl (C=O) groups excluding carboxylic acids is 4. The summed E-state index contributed by atoms with van der Waals surface area (Å²) in [5.41, 5.74) is 1.50. The summed E-state index contributed by atoms with van der Waals surface area (Å²) in [5.74, 6) is -2.19. The van der Waals surface area contributed by atoms with Crippen LogP contribution in [0.1, 0.15) is 50.5 Å². The molecule has 1 aromatic rings. The fraction of sp³-hybridized carbons (Fsp3) is 0.545. The van der Waals surface area contributed by atoms with Crippen LogP contribution in [0.2, 0.25) is 0 Å². The van der Waals surface area contributed by atoms with Crippen LogP contribution in [0.25, 0.3) is 0 Å². The number of hydrogen-bond acceptors (Lipinski definition) is 5. The first kappa shape index (κ1) is 25.1. The number of carbonyl (C=O) groups is 4. The van der Waals surface area contributed by atoms with Gasteiger partial charge >= 0.3 is 5.97 Å². The van der Waals surface area contributed by atoms with E-state index < -0.39 is 30.4 Å². The minimum atomic E-state index is -0.906. The Kier molecular flexibility index (Phi) is 9.01. The fourth-order valence-electron chi connectivity index (χ4n) is 2.56. The standard InChI is InChI=1S/C22H33N3O5/c1-14(2)19(21(29)30-13-18(27)25(7)12-17(26)23-6)24-20(28)15-8-10-16(11-9-15)22(3,4)5/h8-11,14,19H,12-13H2,1-7H3,(H,23,26)(H,24,28)/t19-/m0/s1. The number of ether oxygens (including phenoxy) is 1. The summed E-state index contributed by atoms with van der Waals surface area (Å²) in [5, 5.41) is 5.09. The zero-order valence-corrected chi connectivity index (χ0v) is 18.9. The molecule has 0 aromatic heterocycles. The van der Waals surface area contributed by atoms with E-state index in [4.69, 9.17) is 4.74 Å². The Morgan fingerprint density at radius 2 is 1.63 bits per heavy atom. The second-order valence-electron chi connectivity index (χ2n) is 8.55. The molecule has 166 valence electrons. The number of rotatable bonds is 8. The Morgan fingerprint density at radius 1 is 1.07 bits per heavy atom. The van der Waals surface area contributed by atoms with Gasteiger partial charge < -0.3 is 20.3 Å². The van der Waals surface area contributed by atoms with Crippen molar-refractivity contribution in [2.24, 2.45) is 5.92 Å². The molecule has 0 aliphatic rings. The molecule has 0 aliphatic carbocycles. The van der Waals surface area contributed by atoms with Crippen molar-refractivity contribution in [1.82, 2.24) is 15.5 Å². The predicted molar refractivity (Wildman–Crippen MR) is 114 cm³/mol. The molecule has 0 aliphatic heterocycles. The smallest absolute Gasteiger partial charge is 0.329 e. The topological polar surface area (TPSA) is 105 Å². The van der Waals surface area contributed by atoms with Gasteiger partial charge in [-0.3, -0.25) is 14.4 Å². The van der Waals surface area contributed by atoms with Gasteiger partial charge in [0, 0.05) is 19.7 Å². The normalized spacial score (nSPS) is 12.1. The molecule has 0 spiro atoms. The highest BCUT2D eigenvalue weighted by atomic mass is 16.5. The maximum atomic E-state index is 12.6. The Hall–Kier alpha value is -2.90. The number of nitrogens with one attached hydrogen (secondary N) is 2. The molecule has 0 heterocycles. The molecule has 0 saturated heterocycles. The van der Waals surface area contributed by atoms with Crippen LogP contribution in [0.5, 0.6) is 0 Å². The van der Waals surface area contributed by atoms with Crippen molar-refractivity contribution in [3.05, 3.63) is 35.4 Å². The Morgan fingerprint density at radius 3 is 2.10 bits per heavy atom. The van der Waals surface area contributed by atoms with Gasteiger partial charge in [-0.25, -0.2) is 4.79 Å². The van der Waals surface area contributed by atoms with Crippen molar-refractivity contribution in [1.29, 1.82) is 0 Å². The summed E-state index contributed by atoms with van der Waals surface area (Å²) in [6.07, 6.45) is 0. The second-order valence-corrected chi connectivity index (χ2v) is 8.55. The number of esters is 1. The molecular formula is C22H33N3O5. The van der Waals surface area contributed by atoms with Crippen LogP contribution < -0.4 is 10.6 Å². The van der Waals surface area contributed by atoms with Gasteiger partial charge in [0.2, 0.25) is 5.91 Å². The van der Waals surface area contributed by atoms with E-state index >= 15 is 0 Å². The average molecular weight is 420 g/mol. The molecule has 3 amide bonds. The highest BCUT2D eigenvalue weighted by Crippen LogP contribution is 2.22. The summed E-state index contributed by atoms with van der Waals surface area (Å²) in [4.78, 5) is 49.6. The molecule has 0 bridgehead atoms. The Bertz CT molecular complexity index is 766. The largest absolute Gasteiger partial charge is 0.454 e. The van der Waals surface area contributed by atoms with Gasteiger partial charge in [0.05, 0.1) is 6.54 Å². The predicted octanol–water partition coefficient (Wildman–Crippen LogP) is 1.49. The maximum Gasteiger partial charge on any atom is 0.329 e. The molecule has 1 atom stereocenters. The number of benzene rings is 1. The third-order valence-corrected chi connectivity index (χ3v) is 4.64. The second kappa shape index (κ2) is 10.8. The van der Waals surface area contributed by atoms with Crippen molar-refractivity contribution < 1.29 is 23.9 Å². The number of nitrogens with zero attached hydrogens (tertiary/aromatic N) is 1. The lowest BCUT2D eigenvalue weighted by Crippen LogP contribution is -2.46. The quantitative estimate of drug-likeness (QED) is 0.621. The van der Waals surface area contributed by atoms with E-state index in [-0.39, 0.29) is 23.8 Å². The van der Waals surface area contributed by atoms with Gasteiger partial charge in [0.15, 0.2) is 6.61 Å². The summed E-state index contributed by atoms with van der Waals surface area (Å²) >= 11 is 0. The van der Waals surface area contributed by atoms with Crippen LogP contribution in [0.15, 0.2) is 24.3 Å². The SMILES string of the molecule is CNC(=O)CN(C)C(=O)COC(=O)[C@@H](NC(=O)c1ccc(C(C)(C)C)cc1)C(C)C. The summed E-state index contributed by atoms with van der Waals surface area (Å²) in [6, 6.07) is 6.31. The van der Waals surface area contributed by atoms with Gasteiger partial charge in [-0.05, 0) is 29.0 Å². The van der Waals surface area contributed by atoms with Crippen LogP contribution >= 0.6 is 0 Å². The van der Waals surface area contributed by atoms with E-state index in [0.717, 1.165) is 10.5 Å². The van der Waals surface area contributed by atoms with E-state index in [1.807, 2.05) is 12.1 Å². The molecule has 0 radical (unpaired) electrons. The van der Waals surface area contributed by atoms with E-state index in [0.29, 0.717) is 5.56 Å². The van der Waals surface area contributed by atoms with Crippen molar-refractivity contribution in [2.75, 3.05) is 27.2 Å². The fourth-order valence-corrected chi connectivity index (χ4v) is 2.56. The molecule has 1 aromatic carbocycles. The summed E-state index contributed by atoms with van der Waals surface area (Å²) in [7, 11) is 2.90. The first-order valence-corrected chi connectivity index (χ1v) is 9.89. The average Bonchev–Trinajstić information content (AvgIpc) is 2.68. The van der Waals surface area contributed by atoms with E-state index in [9.17, 15) is 19.2 Å². The van der Waals surface area contributed by atoms with Crippen LogP contribution in [-0.2, 0) is 24.5 Å². The Labute approximate surface area is 178 Å². The lowest BCUT2D eigenvalue weighted by atomic mass is 9.86. The van der Waals surface area contributed by atoms with Crippen molar-refractivity contribution in [3.63, 3.8) is 0 Å². The van der Waals surface area contributed by atoms with E-state index in [2.05, 4.69) is 31.4 Å². The zero-order chi connectivity index (χ0) is 23.1. The van der Waals surface area contributed by atoms with Gasteiger partial charge in [-0.2, -0.15) is 0 Å². The van der Waals surface area contributed by atoms with Crippen LogP contribution in [-0.4, -0.2) is 61.9 Å². The monoisotopic (exact) mass is 419 g/mol. The van der Waals surface area contributed by atoms with Gasteiger partial charge in [-0.1, -0.05) is 46.8 Å². The summed E-state index contributed by atoms with van der Waals surface area (Å²) < 4.78 is 5.09. The minimum Gasteiger partial charge on any atom is -0.454 e. The van der Waals surface area contributed by atoms with Gasteiger partial charge in [0.1, 0.15) is 6.04 Å². The summed E-state index contributed by atoms with van der Waals surface area (Å²) in [6.45, 7) is 9.15.